The third-order valence-electron chi connectivity index (χ3n) is 1.63. The zero-order valence-corrected chi connectivity index (χ0v) is 7.41. The largest absolute Gasteiger partial charge is 0.417 e. The van der Waals surface area contributed by atoms with Crippen molar-refractivity contribution in [1.82, 2.24) is 0 Å². The highest BCUT2D eigenvalue weighted by Gasteiger charge is 2.32. The van der Waals surface area contributed by atoms with Crippen LogP contribution in [0, 0.1) is 0 Å². The number of alkyl halides is 3. The van der Waals surface area contributed by atoms with E-state index in [9.17, 15) is 13.2 Å². The first-order valence-corrected chi connectivity index (χ1v) is 3.98. The van der Waals surface area contributed by atoms with Crippen molar-refractivity contribution in [2.45, 2.75) is 12.7 Å². The average molecular weight is 211 g/mol. The SMILES string of the molecule is [NH3+]Cc1ccc(C(F)(F)F)c(Cl)c1. The summed E-state index contributed by atoms with van der Waals surface area (Å²) in [5.74, 6) is 0. The van der Waals surface area contributed by atoms with Crippen LogP contribution in [0.1, 0.15) is 11.1 Å². The van der Waals surface area contributed by atoms with Crippen LogP contribution in [0.5, 0.6) is 0 Å². The number of benzene rings is 1. The van der Waals surface area contributed by atoms with E-state index in [2.05, 4.69) is 5.73 Å². The first-order valence-electron chi connectivity index (χ1n) is 3.60. The van der Waals surface area contributed by atoms with Crippen molar-refractivity contribution in [3.8, 4) is 0 Å². The molecule has 1 aromatic rings. The molecular weight excluding hydrogens is 203 g/mol. The van der Waals surface area contributed by atoms with Crippen LogP contribution in [0.25, 0.3) is 0 Å². The van der Waals surface area contributed by atoms with E-state index in [-0.39, 0.29) is 5.02 Å². The van der Waals surface area contributed by atoms with E-state index in [1.807, 2.05) is 0 Å². The Bertz CT molecular complexity index is 309. The molecule has 1 nitrogen and oxygen atoms in total. The van der Waals surface area contributed by atoms with Crippen molar-refractivity contribution < 1.29 is 18.9 Å². The smallest absolute Gasteiger partial charge is 0.354 e. The van der Waals surface area contributed by atoms with Gasteiger partial charge in [-0.25, -0.2) is 0 Å². The number of hydrogen-bond acceptors (Lipinski definition) is 0. The minimum absolute atomic E-state index is 0.270. The molecule has 0 aromatic heterocycles. The fourth-order valence-corrected chi connectivity index (χ4v) is 1.25. The highest BCUT2D eigenvalue weighted by atomic mass is 35.5. The lowest BCUT2D eigenvalue weighted by molar-refractivity contribution is -0.386. The van der Waals surface area contributed by atoms with Crippen molar-refractivity contribution in [3.63, 3.8) is 0 Å². The van der Waals surface area contributed by atoms with Gasteiger partial charge in [-0.3, -0.25) is 0 Å². The molecule has 0 amide bonds. The molecule has 1 aromatic carbocycles. The van der Waals surface area contributed by atoms with Gasteiger partial charge in [0.05, 0.1) is 17.1 Å². The number of quaternary nitrogens is 1. The second-order valence-corrected chi connectivity index (χ2v) is 2.97. The lowest BCUT2D eigenvalue weighted by Crippen LogP contribution is -2.47. The molecule has 0 saturated heterocycles. The number of halogens is 4. The van der Waals surface area contributed by atoms with Gasteiger partial charge in [-0.15, -0.1) is 0 Å². The van der Waals surface area contributed by atoms with Crippen LogP contribution in [0.2, 0.25) is 5.02 Å². The fourth-order valence-electron chi connectivity index (χ4n) is 0.944. The van der Waals surface area contributed by atoms with E-state index in [1.54, 1.807) is 0 Å². The van der Waals surface area contributed by atoms with Crippen LogP contribution in [0.15, 0.2) is 18.2 Å². The molecule has 0 fully saturated rings. The van der Waals surface area contributed by atoms with E-state index in [0.29, 0.717) is 12.1 Å². The van der Waals surface area contributed by atoms with E-state index in [1.165, 1.54) is 12.1 Å². The van der Waals surface area contributed by atoms with Gasteiger partial charge in [0.15, 0.2) is 0 Å². The van der Waals surface area contributed by atoms with Gasteiger partial charge in [-0.2, -0.15) is 13.2 Å². The van der Waals surface area contributed by atoms with Crippen LogP contribution in [-0.4, -0.2) is 0 Å². The molecule has 1 rings (SSSR count). The van der Waals surface area contributed by atoms with E-state index >= 15 is 0 Å². The molecular formula is C8H8ClF3N+. The molecule has 0 unspecified atom stereocenters. The minimum Gasteiger partial charge on any atom is -0.354 e. The van der Waals surface area contributed by atoms with Gasteiger partial charge >= 0.3 is 6.18 Å². The van der Waals surface area contributed by atoms with Crippen molar-refractivity contribution in [2.75, 3.05) is 0 Å². The third-order valence-corrected chi connectivity index (χ3v) is 1.94. The molecule has 5 heteroatoms. The minimum atomic E-state index is -4.38. The topological polar surface area (TPSA) is 27.6 Å². The summed E-state index contributed by atoms with van der Waals surface area (Å²) in [7, 11) is 0. The molecule has 0 aliphatic rings. The van der Waals surface area contributed by atoms with Crippen molar-refractivity contribution in [3.05, 3.63) is 34.3 Å². The maximum atomic E-state index is 12.2. The first kappa shape index (κ1) is 10.3. The summed E-state index contributed by atoms with van der Waals surface area (Å²) in [6.07, 6.45) is -4.38. The molecule has 13 heavy (non-hydrogen) atoms. The Morgan fingerprint density at radius 2 is 1.92 bits per heavy atom. The van der Waals surface area contributed by atoms with Gasteiger partial charge in [0, 0.05) is 5.56 Å². The molecule has 0 aliphatic carbocycles. The molecule has 0 spiro atoms. The maximum absolute atomic E-state index is 12.2. The Kier molecular flexibility index (Phi) is 2.83. The fraction of sp³-hybridized carbons (Fsp3) is 0.250. The standard InChI is InChI=1S/C8H7ClF3N/c9-7-3-5(4-13)1-2-6(7)8(10,11)12/h1-3H,4,13H2/p+1. The molecule has 0 bridgehead atoms. The molecule has 0 aliphatic heterocycles. The molecule has 0 saturated carbocycles. The molecule has 0 heterocycles. The number of rotatable bonds is 1. The van der Waals surface area contributed by atoms with Crippen LogP contribution < -0.4 is 5.73 Å². The zero-order valence-electron chi connectivity index (χ0n) is 6.66. The summed E-state index contributed by atoms with van der Waals surface area (Å²) < 4.78 is 36.6. The van der Waals surface area contributed by atoms with E-state index in [0.717, 1.165) is 6.07 Å². The quantitative estimate of drug-likeness (QED) is 0.735. The highest BCUT2D eigenvalue weighted by Crippen LogP contribution is 2.34. The Balaban J connectivity index is 3.13. The van der Waals surface area contributed by atoms with E-state index < -0.39 is 11.7 Å². The average Bonchev–Trinajstić information content (AvgIpc) is 2.01. The van der Waals surface area contributed by atoms with Crippen molar-refractivity contribution >= 4 is 11.6 Å². The van der Waals surface area contributed by atoms with Gasteiger partial charge in [-0.1, -0.05) is 17.7 Å². The lowest BCUT2D eigenvalue weighted by atomic mass is 10.1. The Hall–Kier alpha value is -0.740. The summed E-state index contributed by atoms with van der Waals surface area (Å²) >= 11 is 5.45. The molecule has 0 atom stereocenters. The van der Waals surface area contributed by atoms with Crippen LogP contribution in [0.4, 0.5) is 13.2 Å². The highest BCUT2D eigenvalue weighted by molar-refractivity contribution is 6.31. The molecule has 72 valence electrons. The van der Waals surface area contributed by atoms with Crippen LogP contribution >= 0.6 is 11.6 Å². The Labute approximate surface area is 78.3 Å². The molecule has 3 N–H and O–H groups in total. The third kappa shape index (κ3) is 2.35. The first-order chi connectivity index (χ1) is 5.95. The predicted molar refractivity (Wildman–Crippen MR) is 43.0 cm³/mol. The monoisotopic (exact) mass is 210 g/mol. The number of hydrogen-bond donors (Lipinski definition) is 1. The van der Waals surface area contributed by atoms with Crippen molar-refractivity contribution in [1.29, 1.82) is 0 Å². The van der Waals surface area contributed by atoms with Gasteiger partial charge in [-0.05, 0) is 12.1 Å². The second kappa shape index (κ2) is 3.55. The van der Waals surface area contributed by atoms with Gasteiger partial charge in [0.2, 0.25) is 0 Å². The van der Waals surface area contributed by atoms with Gasteiger partial charge < -0.3 is 5.73 Å². The zero-order chi connectivity index (χ0) is 10.1. The Morgan fingerprint density at radius 3 is 2.31 bits per heavy atom. The lowest BCUT2D eigenvalue weighted by Gasteiger charge is -2.08. The summed E-state index contributed by atoms with van der Waals surface area (Å²) in [6, 6.07) is 3.64. The summed E-state index contributed by atoms with van der Waals surface area (Å²) in [4.78, 5) is 0. The van der Waals surface area contributed by atoms with Crippen LogP contribution in [-0.2, 0) is 12.7 Å². The Morgan fingerprint density at radius 1 is 1.31 bits per heavy atom. The summed E-state index contributed by atoms with van der Waals surface area (Å²) in [5, 5.41) is -0.270. The summed E-state index contributed by atoms with van der Waals surface area (Å²) in [6.45, 7) is 0.428. The maximum Gasteiger partial charge on any atom is 0.417 e. The predicted octanol–water partition coefficient (Wildman–Crippen LogP) is 2.10. The molecule has 0 radical (unpaired) electrons. The normalized spacial score (nSPS) is 11.8. The summed E-state index contributed by atoms with van der Waals surface area (Å²) in [5.41, 5.74) is 3.44. The van der Waals surface area contributed by atoms with Crippen molar-refractivity contribution in [2.24, 2.45) is 0 Å². The van der Waals surface area contributed by atoms with Gasteiger partial charge in [0.25, 0.3) is 0 Å². The van der Waals surface area contributed by atoms with Crippen LogP contribution in [0.3, 0.4) is 0 Å². The second-order valence-electron chi connectivity index (χ2n) is 2.56. The van der Waals surface area contributed by atoms with Gasteiger partial charge in [0.1, 0.15) is 0 Å². The van der Waals surface area contributed by atoms with E-state index in [4.69, 9.17) is 11.6 Å².